The van der Waals surface area contributed by atoms with Crippen molar-refractivity contribution in [3.63, 3.8) is 0 Å². The molecule has 0 N–H and O–H groups in total. The molecule has 1 aromatic carbocycles. The second kappa shape index (κ2) is 8.51. The van der Waals surface area contributed by atoms with Crippen LogP contribution in [0.3, 0.4) is 0 Å². The smallest absolute Gasteiger partial charge is 0.346 e. The van der Waals surface area contributed by atoms with Crippen LogP contribution in [-0.2, 0) is 23.1 Å². The Balaban J connectivity index is 1.36. The molecule has 3 heterocycles. The van der Waals surface area contributed by atoms with Gasteiger partial charge in [-0.25, -0.2) is 22.2 Å². The van der Waals surface area contributed by atoms with Crippen molar-refractivity contribution in [1.82, 2.24) is 13.6 Å². The summed E-state index contributed by atoms with van der Waals surface area (Å²) in [5, 5.41) is 13.3. The van der Waals surface area contributed by atoms with Crippen LogP contribution in [0.4, 0.5) is 4.39 Å². The number of benzene rings is 1. The fourth-order valence-corrected chi connectivity index (χ4v) is 5.73. The van der Waals surface area contributed by atoms with Gasteiger partial charge < -0.3 is 5.11 Å². The third-order valence-corrected chi connectivity index (χ3v) is 8.31. The molecule has 1 aliphatic carbocycles. The summed E-state index contributed by atoms with van der Waals surface area (Å²) in [7, 11) is -3.73. The predicted octanol–water partition coefficient (Wildman–Crippen LogP) is 0.716. The van der Waals surface area contributed by atoms with Gasteiger partial charge in [0.25, 0.3) is 5.65 Å². The molecular formula is C23H25FN4O4S. The zero-order chi connectivity index (χ0) is 23.2. The minimum Gasteiger partial charge on any atom is -0.842 e. The SMILES string of the molecule is O=c1c(CN2CCN(S(=O)(=O)c3ccc(F)cc3)CC2)c([O-])[n+](CC2CC2)c2ccccn12. The molecule has 33 heavy (non-hydrogen) atoms. The Morgan fingerprint density at radius 3 is 2.39 bits per heavy atom. The molecule has 0 amide bonds. The Morgan fingerprint density at radius 1 is 1.03 bits per heavy atom. The molecule has 5 rings (SSSR count). The number of hydrogen-bond acceptors (Lipinski definition) is 5. The number of halogens is 1. The summed E-state index contributed by atoms with van der Waals surface area (Å²) in [6.45, 7) is 2.00. The summed E-state index contributed by atoms with van der Waals surface area (Å²) in [5.41, 5.74) is 0.469. The molecular weight excluding hydrogens is 447 g/mol. The molecule has 1 saturated heterocycles. The number of piperazine rings is 1. The third-order valence-electron chi connectivity index (χ3n) is 6.40. The van der Waals surface area contributed by atoms with Crippen LogP contribution in [0.5, 0.6) is 5.88 Å². The maximum absolute atomic E-state index is 13.3. The molecule has 0 atom stereocenters. The summed E-state index contributed by atoms with van der Waals surface area (Å²) in [6.07, 6.45) is 3.85. The average Bonchev–Trinajstić information content (AvgIpc) is 3.64. The van der Waals surface area contributed by atoms with Crippen LogP contribution in [-0.4, -0.2) is 48.2 Å². The van der Waals surface area contributed by atoms with Crippen molar-refractivity contribution in [2.75, 3.05) is 26.2 Å². The van der Waals surface area contributed by atoms with Gasteiger partial charge in [-0.3, -0.25) is 4.90 Å². The van der Waals surface area contributed by atoms with Gasteiger partial charge in [-0.1, -0.05) is 6.07 Å². The minimum absolute atomic E-state index is 0.0492. The number of pyridine rings is 1. The number of aromatic nitrogens is 2. The highest BCUT2D eigenvalue weighted by Gasteiger charge is 2.31. The molecule has 3 aromatic rings. The second-order valence-electron chi connectivity index (χ2n) is 8.71. The standard InChI is InChI=1S/C23H25FN4O4S/c24-18-6-8-19(9-7-18)33(31,32)26-13-11-25(12-14-26)16-20-22(29)27-10-2-1-3-21(27)28(23(20)30)15-17-4-5-17/h1-3,6-10,17H,4-5,11-16H2. The van der Waals surface area contributed by atoms with Gasteiger partial charge in [0.2, 0.25) is 10.0 Å². The van der Waals surface area contributed by atoms with Gasteiger partial charge in [-0.05, 0) is 49.1 Å². The van der Waals surface area contributed by atoms with Gasteiger partial charge in [0.15, 0.2) is 0 Å². The van der Waals surface area contributed by atoms with E-state index in [-0.39, 0.29) is 41.5 Å². The van der Waals surface area contributed by atoms with Crippen LogP contribution < -0.4 is 15.2 Å². The van der Waals surface area contributed by atoms with E-state index in [0.717, 1.165) is 25.0 Å². The summed E-state index contributed by atoms with van der Waals surface area (Å²) >= 11 is 0. The van der Waals surface area contributed by atoms with Crippen molar-refractivity contribution in [2.45, 2.75) is 30.8 Å². The largest absolute Gasteiger partial charge is 0.842 e. The number of hydrogen-bond donors (Lipinski definition) is 0. The highest BCUT2D eigenvalue weighted by atomic mass is 32.2. The molecule has 0 bridgehead atoms. The monoisotopic (exact) mass is 472 g/mol. The van der Waals surface area contributed by atoms with Gasteiger partial charge >= 0.3 is 5.56 Å². The topological polar surface area (TPSA) is 89.0 Å². The molecule has 1 aliphatic heterocycles. The fraction of sp³-hybridized carbons (Fsp3) is 0.391. The molecule has 0 spiro atoms. The lowest BCUT2D eigenvalue weighted by molar-refractivity contribution is -0.719. The summed E-state index contributed by atoms with van der Waals surface area (Å²) in [5.74, 6) is -0.287. The molecule has 174 valence electrons. The number of sulfonamides is 1. The number of nitrogens with zero attached hydrogens (tertiary/aromatic N) is 4. The molecule has 2 fully saturated rings. The lowest BCUT2D eigenvalue weighted by atomic mass is 10.2. The maximum Gasteiger partial charge on any atom is 0.346 e. The van der Waals surface area contributed by atoms with Crippen molar-refractivity contribution in [3.8, 4) is 5.88 Å². The van der Waals surface area contributed by atoms with E-state index in [2.05, 4.69) is 0 Å². The minimum atomic E-state index is -3.73. The lowest BCUT2D eigenvalue weighted by Gasteiger charge is -2.34. The van der Waals surface area contributed by atoms with E-state index in [4.69, 9.17) is 0 Å². The molecule has 1 saturated carbocycles. The van der Waals surface area contributed by atoms with Crippen LogP contribution in [0.15, 0.2) is 58.4 Å². The van der Waals surface area contributed by atoms with E-state index in [1.54, 1.807) is 22.9 Å². The first kappa shape index (κ1) is 22.0. The lowest BCUT2D eigenvalue weighted by Crippen LogP contribution is -2.50. The normalized spacial score (nSPS) is 18.1. The highest BCUT2D eigenvalue weighted by Crippen LogP contribution is 2.29. The second-order valence-corrected chi connectivity index (χ2v) is 10.6. The maximum atomic E-state index is 13.3. The Hall–Kier alpha value is -2.82. The Morgan fingerprint density at radius 2 is 1.73 bits per heavy atom. The third kappa shape index (κ3) is 4.25. The van der Waals surface area contributed by atoms with Crippen LogP contribution in [0.25, 0.3) is 5.65 Å². The van der Waals surface area contributed by atoms with Gasteiger partial charge in [-0.15, -0.1) is 0 Å². The molecule has 0 unspecified atom stereocenters. The Bertz CT molecular complexity index is 1350. The average molecular weight is 473 g/mol. The Labute approximate surface area is 191 Å². The van der Waals surface area contributed by atoms with E-state index in [0.29, 0.717) is 31.2 Å². The van der Waals surface area contributed by atoms with Crippen LogP contribution in [0.2, 0.25) is 0 Å². The van der Waals surface area contributed by atoms with E-state index >= 15 is 0 Å². The van der Waals surface area contributed by atoms with Gasteiger partial charge in [-0.2, -0.15) is 8.71 Å². The first-order valence-electron chi connectivity index (χ1n) is 11.1. The van der Waals surface area contributed by atoms with Crippen molar-refractivity contribution >= 4 is 15.7 Å². The summed E-state index contributed by atoms with van der Waals surface area (Å²) in [6, 6.07) is 10.1. The van der Waals surface area contributed by atoms with E-state index in [1.165, 1.54) is 20.8 Å². The van der Waals surface area contributed by atoms with Gasteiger partial charge in [0.1, 0.15) is 5.82 Å². The Kier molecular flexibility index (Phi) is 5.67. The van der Waals surface area contributed by atoms with Crippen molar-refractivity contribution in [3.05, 3.63) is 70.4 Å². The molecule has 8 nitrogen and oxygen atoms in total. The first-order valence-corrected chi connectivity index (χ1v) is 12.5. The van der Waals surface area contributed by atoms with Crippen molar-refractivity contribution in [2.24, 2.45) is 5.92 Å². The zero-order valence-corrected chi connectivity index (χ0v) is 18.9. The fourth-order valence-electron chi connectivity index (χ4n) is 4.31. The van der Waals surface area contributed by atoms with Gasteiger partial charge in [0, 0.05) is 38.8 Å². The van der Waals surface area contributed by atoms with E-state index in [1.807, 2.05) is 11.0 Å². The van der Waals surface area contributed by atoms with E-state index < -0.39 is 15.8 Å². The van der Waals surface area contributed by atoms with Crippen LogP contribution >= 0.6 is 0 Å². The zero-order valence-electron chi connectivity index (χ0n) is 18.1. The molecule has 10 heteroatoms. The van der Waals surface area contributed by atoms with Crippen LogP contribution in [0, 0.1) is 11.7 Å². The number of rotatable bonds is 6. The summed E-state index contributed by atoms with van der Waals surface area (Å²) < 4.78 is 43.4. The molecule has 2 aliphatic rings. The number of fused-ring (bicyclic) bond motifs is 1. The first-order chi connectivity index (χ1) is 15.8. The predicted molar refractivity (Wildman–Crippen MR) is 116 cm³/mol. The molecule has 0 radical (unpaired) electrons. The quantitative estimate of drug-likeness (QED) is 0.493. The van der Waals surface area contributed by atoms with Crippen molar-refractivity contribution < 1.29 is 22.5 Å². The van der Waals surface area contributed by atoms with Crippen LogP contribution in [0.1, 0.15) is 18.4 Å². The van der Waals surface area contributed by atoms with Crippen molar-refractivity contribution in [1.29, 1.82) is 0 Å². The highest BCUT2D eigenvalue weighted by molar-refractivity contribution is 7.89. The summed E-state index contributed by atoms with van der Waals surface area (Å²) in [4.78, 5) is 15.1. The van der Waals surface area contributed by atoms with Gasteiger partial charge in [0.05, 0.1) is 29.1 Å². The van der Waals surface area contributed by atoms with E-state index in [9.17, 15) is 22.7 Å². The molecule has 2 aromatic heterocycles.